The summed E-state index contributed by atoms with van der Waals surface area (Å²) in [6.45, 7) is 0. The number of hydrogen-bond acceptors (Lipinski definition) is 1. The molecule has 1 spiro atoms. The van der Waals surface area contributed by atoms with E-state index in [0.29, 0.717) is 6.04 Å². The van der Waals surface area contributed by atoms with Crippen molar-refractivity contribution in [2.45, 2.75) is 51.0 Å². The van der Waals surface area contributed by atoms with E-state index in [2.05, 4.69) is 0 Å². The van der Waals surface area contributed by atoms with Gasteiger partial charge in [0.25, 0.3) is 0 Å². The van der Waals surface area contributed by atoms with Gasteiger partial charge < -0.3 is 5.73 Å². The quantitative estimate of drug-likeness (QED) is 0.546. The van der Waals surface area contributed by atoms with Gasteiger partial charge in [0.05, 0.1) is 0 Å². The Morgan fingerprint density at radius 3 is 2.20 bits per heavy atom. The summed E-state index contributed by atoms with van der Waals surface area (Å²) in [5.41, 5.74) is 6.67. The molecule has 2 aliphatic carbocycles. The molecule has 1 heteroatoms. The normalized spacial score (nSPS) is 37.5. The number of rotatable bonds is 0. The molecule has 0 heterocycles. The van der Waals surface area contributed by atoms with Gasteiger partial charge in [0.1, 0.15) is 0 Å². The maximum absolute atomic E-state index is 5.92. The van der Waals surface area contributed by atoms with Crippen molar-refractivity contribution in [2.24, 2.45) is 11.1 Å². The largest absolute Gasteiger partial charge is 0.328 e. The molecule has 2 N–H and O–H groups in total. The van der Waals surface area contributed by atoms with Gasteiger partial charge in [-0.25, -0.2) is 0 Å². The molecule has 2 fully saturated rings. The predicted octanol–water partition coefficient (Wildman–Crippen LogP) is 2.06. The molecular formula is C9H17N. The molecule has 2 aliphatic rings. The van der Waals surface area contributed by atoms with E-state index in [9.17, 15) is 0 Å². The summed E-state index contributed by atoms with van der Waals surface area (Å²) in [5.74, 6) is 0. The highest BCUT2D eigenvalue weighted by atomic mass is 14.7. The molecule has 0 radical (unpaired) electrons. The molecule has 0 saturated heterocycles. The maximum atomic E-state index is 5.92. The fourth-order valence-corrected chi connectivity index (χ4v) is 2.63. The van der Waals surface area contributed by atoms with Gasteiger partial charge in [-0.1, -0.05) is 12.8 Å². The second-order valence-corrected chi connectivity index (χ2v) is 4.21. The van der Waals surface area contributed by atoms with E-state index in [1.807, 2.05) is 0 Å². The SMILES string of the molecule is NC1CCCC2(CCC2)C1. The Labute approximate surface area is 63.0 Å². The summed E-state index contributed by atoms with van der Waals surface area (Å²) < 4.78 is 0. The lowest BCUT2D eigenvalue weighted by atomic mass is 9.60. The van der Waals surface area contributed by atoms with Crippen LogP contribution in [0.1, 0.15) is 44.9 Å². The van der Waals surface area contributed by atoms with Gasteiger partial charge in [0.2, 0.25) is 0 Å². The number of hydrogen-bond donors (Lipinski definition) is 1. The molecule has 1 nitrogen and oxygen atoms in total. The van der Waals surface area contributed by atoms with Gasteiger partial charge >= 0.3 is 0 Å². The smallest absolute Gasteiger partial charge is 0.00441 e. The van der Waals surface area contributed by atoms with Crippen molar-refractivity contribution in [1.82, 2.24) is 0 Å². The van der Waals surface area contributed by atoms with Crippen LogP contribution in [0.3, 0.4) is 0 Å². The molecule has 0 aromatic rings. The Bertz CT molecular complexity index is 127. The summed E-state index contributed by atoms with van der Waals surface area (Å²) in [6.07, 6.45) is 9.88. The topological polar surface area (TPSA) is 26.0 Å². The first-order chi connectivity index (χ1) is 4.81. The predicted molar refractivity (Wildman–Crippen MR) is 42.7 cm³/mol. The molecule has 0 aliphatic heterocycles. The van der Waals surface area contributed by atoms with Crippen molar-refractivity contribution in [3.8, 4) is 0 Å². The minimum absolute atomic E-state index is 0.536. The third-order valence-corrected chi connectivity index (χ3v) is 3.39. The van der Waals surface area contributed by atoms with E-state index in [1.54, 1.807) is 0 Å². The van der Waals surface area contributed by atoms with Crippen LogP contribution in [0, 0.1) is 5.41 Å². The van der Waals surface area contributed by atoms with Gasteiger partial charge in [0, 0.05) is 6.04 Å². The van der Waals surface area contributed by atoms with Crippen molar-refractivity contribution in [3.63, 3.8) is 0 Å². The van der Waals surface area contributed by atoms with E-state index >= 15 is 0 Å². The third-order valence-electron chi connectivity index (χ3n) is 3.39. The Kier molecular flexibility index (Phi) is 1.48. The van der Waals surface area contributed by atoms with E-state index in [1.165, 1.54) is 44.9 Å². The summed E-state index contributed by atoms with van der Waals surface area (Å²) in [6, 6.07) is 0.536. The van der Waals surface area contributed by atoms with E-state index in [0.717, 1.165) is 5.41 Å². The summed E-state index contributed by atoms with van der Waals surface area (Å²) in [4.78, 5) is 0. The average Bonchev–Trinajstić information content (AvgIpc) is 1.85. The second kappa shape index (κ2) is 2.23. The minimum atomic E-state index is 0.536. The zero-order valence-electron chi connectivity index (χ0n) is 6.60. The fraction of sp³-hybridized carbons (Fsp3) is 1.00. The third kappa shape index (κ3) is 0.968. The molecule has 1 unspecified atom stereocenters. The van der Waals surface area contributed by atoms with Gasteiger partial charge in [0.15, 0.2) is 0 Å². The zero-order valence-corrected chi connectivity index (χ0v) is 6.60. The van der Waals surface area contributed by atoms with Crippen molar-refractivity contribution >= 4 is 0 Å². The van der Waals surface area contributed by atoms with Gasteiger partial charge in [-0.05, 0) is 37.5 Å². The van der Waals surface area contributed by atoms with Crippen LogP contribution in [0.4, 0.5) is 0 Å². The number of nitrogens with two attached hydrogens (primary N) is 1. The van der Waals surface area contributed by atoms with Crippen molar-refractivity contribution in [3.05, 3.63) is 0 Å². The van der Waals surface area contributed by atoms with E-state index in [4.69, 9.17) is 5.73 Å². The van der Waals surface area contributed by atoms with Crippen molar-refractivity contribution in [2.75, 3.05) is 0 Å². The highest BCUT2D eigenvalue weighted by Crippen LogP contribution is 2.50. The minimum Gasteiger partial charge on any atom is -0.328 e. The molecule has 1 atom stereocenters. The second-order valence-electron chi connectivity index (χ2n) is 4.21. The molecule has 2 saturated carbocycles. The van der Waals surface area contributed by atoms with Crippen molar-refractivity contribution < 1.29 is 0 Å². The van der Waals surface area contributed by atoms with Gasteiger partial charge in [-0.3, -0.25) is 0 Å². The molecule has 58 valence electrons. The van der Waals surface area contributed by atoms with E-state index in [-0.39, 0.29) is 0 Å². The zero-order chi connectivity index (χ0) is 7.03. The Balaban J connectivity index is 1.96. The fourth-order valence-electron chi connectivity index (χ4n) is 2.63. The van der Waals surface area contributed by atoms with Crippen LogP contribution >= 0.6 is 0 Å². The summed E-state index contributed by atoms with van der Waals surface area (Å²) in [5, 5.41) is 0. The van der Waals surface area contributed by atoms with Crippen LogP contribution < -0.4 is 5.73 Å². The highest BCUT2D eigenvalue weighted by molar-refractivity contribution is 4.93. The lowest BCUT2D eigenvalue weighted by Crippen LogP contribution is -2.40. The Morgan fingerprint density at radius 1 is 1.10 bits per heavy atom. The molecule has 0 bridgehead atoms. The molecule has 2 rings (SSSR count). The molecular weight excluding hydrogens is 122 g/mol. The van der Waals surface area contributed by atoms with Gasteiger partial charge in [-0.15, -0.1) is 0 Å². The average molecular weight is 139 g/mol. The lowest BCUT2D eigenvalue weighted by molar-refractivity contribution is 0.0671. The standard InChI is InChI=1S/C9H17N/c10-8-3-1-4-9(7-8)5-2-6-9/h8H,1-7,10H2. The highest BCUT2D eigenvalue weighted by Gasteiger charge is 2.39. The molecule has 0 aromatic heterocycles. The maximum Gasteiger partial charge on any atom is 0.00441 e. The van der Waals surface area contributed by atoms with Crippen LogP contribution in [-0.4, -0.2) is 6.04 Å². The first kappa shape index (κ1) is 6.66. The first-order valence-electron chi connectivity index (χ1n) is 4.56. The van der Waals surface area contributed by atoms with Crippen LogP contribution in [0.15, 0.2) is 0 Å². The molecule has 10 heavy (non-hydrogen) atoms. The Morgan fingerprint density at radius 2 is 1.80 bits per heavy atom. The van der Waals surface area contributed by atoms with Crippen LogP contribution in [0.2, 0.25) is 0 Å². The van der Waals surface area contributed by atoms with Crippen molar-refractivity contribution in [1.29, 1.82) is 0 Å². The lowest BCUT2D eigenvalue weighted by Gasteiger charge is -2.47. The molecule has 0 amide bonds. The molecule has 0 aromatic carbocycles. The Hall–Kier alpha value is -0.0400. The van der Waals surface area contributed by atoms with Crippen LogP contribution in [0.5, 0.6) is 0 Å². The summed E-state index contributed by atoms with van der Waals surface area (Å²) in [7, 11) is 0. The monoisotopic (exact) mass is 139 g/mol. The van der Waals surface area contributed by atoms with E-state index < -0.39 is 0 Å². The van der Waals surface area contributed by atoms with Crippen LogP contribution in [-0.2, 0) is 0 Å². The van der Waals surface area contributed by atoms with Crippen LogP contribution in [0.25, 0.3) is 0 Å². The first-order valence-corrected chi connectivity index (χ1v) is 4.56. The van der Waals surface area contributed by atoms with Gasteiger partial charge in [-0.2, -0.15) is 0 Å². The summed E-state index contributed by atoms with van der Waals surface area (Å²) >= 11 is 0.